The second kappa shape index (κ2) is 7.95. The van der Waals surface area contributed by atoms with Crippen molar-refractivity contribution in [3.05, 3.63) is 0 Å². The molecule has 0 radical (unpaired) electrons. The first-order valence-corrected chi connectivity index (χ1v) is 12.9. The molecule has 0 aromatic carbocycles. The number of hydrogen-bond acceptors (Lipinski definition) is 2. The zero-order chi connectivity index (χ0) is 21.0. The number of rotatable bonds is 5. The number of carbonyl (C=O) groups excluding carboxylic acids is 1. The van der Waals surface area contributed by atoms with E-state index in [-0.39, 0.29) is 17.4 Å². The number of fused-ring (bicyclic) bond motifs is 5. The van der Waals surface area contributed by atoms with Gasteiger partial charge in [0.05, 0.1) is 6.10 Å². The van der Waals surface area contributed by atoms with Crippen molar-refractivity contribution in [3.63, 3.8) is 0 Å². The highest BCUT2D eigenvalue weighted by Gasteiger charge is 2.62. The number of hydrogen-bond donors (Lipinski definition) is 1. The third-order valence-electron chi connectivity index (χ3n) is 10.6. The lowest BCUT2D eigenvalue weighted by Gasteiger charge is -2.60. The van der Waals surface area contributed by atoms with Crippen LogP contribution in [-0.2, 0) is 4.79 Å². The third kappa shape index (κ3) is 3.64. The van der Waals surface area contributed by atoms with E-state index in [1.807, 2.05) is 0 Å². The lowest BCUT2D eigenvalue weighted by atomic mass is 9.44. The number of carbonyl (C=O) groups is 1. The van der Waals surface area contributed by atoms with Gasteiger partial charge < -0.3 is 5.11 Å². The SMILES string of the molecule is CC(C)CCC[C@@H](C)[C@H]1CCC2C3CC(=O)C4C[C@@H](O)CC[C@]4(C)C3CC[C@@]21C. The van der Waals surface area contributed by atoms with Gasteiger partial charge in [-0.15, -0.1) is 0 Å². The van der Waals surface area contributed by atoms with Crippen molar-refractivity contribution in [2.24, 2.45) is 52.3 Å². The van der Waals surface area contributed by atoms with Crippen molar-refractivity contribution in [1.29, 1.82) is 0 Å². The molecular formula is C27H46O2. The summed E-state index contributed by atoms with van der Waals surface area (Å²) in [7, 11) is 0. The first-order chi connectivity index (χ1) is 13.7. The molecule has 4 saturated carbocycles. The van der Waals surface area contributed by atoms with E-state index in [4.69, 9.17) is 0 Å². The summed E-state index contributed by atoms with van der Waals surface area (Å²) in [6.45, 7) is 12.2. The number of aliphatic hydroxyl groups excluding tert-OH is 1. The van der Waals surface area contributed by atoms with Crippen molar-refractivity contribution in [3.8, 4) is 0 Å². The molecule has 4 aliphatic rings. The van der Waals surface area contributed by atoms with Gasteiger partial charge in [-0.2, -0.15) is 0 Å². The van der Waals surface area contributed by atoms with E-state index in [0.29, 0.717) is 23.0 Å². The predicted octanol–water partition coefficient (Wildman–Crippen LogP) is 6.65. The van der Waals surface area contributed by atoms with Crippen LogP contribution in [0.2, 0.25) is 0 Å². The zero-order valence-corrected chi connectivity index (χ0v) is 19.8. The van der Waals surface area contributed by atoms with E-state index in [1.54, 1.807) is 0 Å². The zero-order valence-electron chi connectivity index (χ0n) is 19.8. The van der Waals surface area contributed by atoms with Crippen molar-refractivity contribution < 1.29 is 9.90 Å². The second-order valence-corrected chi connectivity index (χ2v) is 12.6. The molecule has 2 heteroatoms. The fourth-order valence-electron chi connectivity index (χ4n) is 9.04. The lowest BCUT2D eigenvalue weighted by molar-refractivity contribution is -0.160. The average molecular weight is 403 g/mol. The minimum atomic E-state index is -0.245. The van der Waals surface area contributed by atoms with Crippen LogP contribution in [-0.4, -0.2) is 17.0 Å². The molecule has 4 aliphatic carbocycles. The van der Waals surface area contributed by atoms with Crippen molar-refractivity contribution >= 4 is 5.78 Å². The molecule has 0 heterocycles. The molecule has 166 valence electrons. The fourth-order valence-corrected chi connectivity index (χ4v) is 9.04. The summed E-state index contributed by atoms with van der Waals surface area (Å²) < 4.78 is 0. The van der Waals surface area contributed by atoms with Crippen LogP contribution in [0.25, 0.3) is 0 Å². The number of Topliss-reactive ketones (excluding diaryl/α,β-unsaturated/α-hetero) is 1. The predicted molar refractivity (Wildman–Crippen MR) is 119 cm³/mol. The monoisotopic (exact) mass is 402 g/mol. The molecule has 4 unspecified atom stereocenters. The Hall–Kier alpha value is -0.370. The highest BCUT2D eigenvalue weighted by atomic mass is 16.3. The summed E-state index contributed by atoms with van der Waals surface area (Å²) in [6.07, 6.45) is 12.8. The first-order valence-electron chi connectivity index (χ1n) is 12.9. The fraction of sp³-hybridized carbons (Fsp3) is 0.963. The molecule has 9 atom stereocenters. The van der Waals surface area contributed by atoms with E-state index in [1.165, 1.54) is 44.9 Å². The minimum absolute atomic E-state index is 0.129. The molecule has 1 N–H and O–H groups in total. The molecule has 4 rings (SSSR count). The summed E-state index contributed by atoms with van der Waals surface area (Å²) in [5.41, 5.74) is 0.609. The van der Waals surface area contributed by atoms with Crippen molar-refractivity contribution in [2.75, 3.05) is 0 Å². The van der Waals surface area contributed by atoms with Crippen LogP contribution < -0.4 is 0 Å². The van der Waals surface area contributed by atoms with Gasteiger partial charge in [-0.3, -0.25) is 4.79 Å². The summed E-state index contributed by atoms with van der Waals surface area (Å²) in [5, 5.41) is 10.2. The molecule has 2 nitrogen and oxygen atoms in total. The van der Waals surface area contributed by atoms with Crippen molar-refractivity contribution in [1.82, 2.24) is 0 Å². The van der Waals surface area contributed by atoms with Gasteiger partial charge in [0.2, 0.25) is 0 Å². The Balaban J connectivity index is 1.50. The Bertz CT molecular complexity index is 612. The molecule has 0 aromatic heterocycles. The molecule has 0 saturated heterocycles. The summed E-state index contributed by atoms with van der Waals surface area (Å²) in [6, 6.07) is 0. The van der Waals surface area contributed by atoms with E-state index < -0.39 is 0 Å². The molecule has 29 heavy (non-hydrogen) atoms. The van der Waals surface area contributed by atoms with Gasteiger partial charge in [0.25, 0.3) is 0 Å². The van der Waals surface area contributed by atoms with Gasteiger partial charge in [0, 0.05) is 12.3 Å². The van der Waals surface area contributed by atoms with Gasteiger partial charge in [0.15, 0.2) is 0 Å². The van der Waals surface area contributed by atoms with Gasteiger partial charge >= 0.3 is 0 Å². The van der Waals surface area contributed by atoms with E-state index >= 15 is 0 Å². The topological polar surface area (TPSA) is 37.3 Å². The largest absolute Gasteiger partial charge is 0.393 e. The Morgan fingerprint density at radius 1 is 0.966 bits per heavy atom. The Kier molecular flexibility index (Phi) is 5.99. The average Bonchev–Trinajstić information content (AvgIpc) is 3.00. The molecule has 0 bridgehead atoms. The molecule has 0 aliphatic heterocycles. The maximum absolute atomic E-state index is 13.2. The van der Waals surface area contributed by atoms with E-state index in [2.05, 4.69) is 34.6 Å². The van der Waals surface area contributed by atoms with Crippen LogP contribution in [0.15, 0.2) is 0 Å². The van der Waals surface area contributed by atoms with Crippen LogP contribution >= 0.6 is 0 Å². The highest BCUT2D eigenvalue weighted by molar-refractivity contribution is 5.83. The molecule has 4 fully saturated rings. The molecule has 0 amide bonds. The van der Waals surface area contributed by atoms with Gasteiger partial charge in [-0.05, 0) is 91.3 Å². The maximum atomic E-state index is 13.2. The van der Waals surface area contributed by atoms with E-state index in [9.17, 15) is 9.90 Å². The Morgan fingerprint density at radius 3 is 2.38 bits per heavy atom. The summed E-state index contributed by atoms with van der Waals surface area (Å²) in [4.78, 5) is 13.2. The molecule has 0 spiro atoms. The summed E-state index contributed by atoms with van der Waals surface area (Å²) in [5.74, 6) is 5.21. The third-order valence-corrected chi connectivity index (χ3v) is 10.6. The Labute approximate surface area is 179 Å². The standard InChI is InChI=1S/C27H46O2/c1-17(2)7-6-8-18(3)21-9-10-22-20-16-25(29)24-15-19(28)11-13-27(24,5)23(20)12-14-26(21,22)4/h17-24,28H,6-16H2,1-5H3/t18-,19+,20?,21-,22?,23?,24?,26-,27-/m1/s1. The lowest BCUT2D eigenvalue weighted by Crippen LogP contribution is -2.57. The first kappa shape index (κ1) is 21.8. The van der Waals surface area contributed by atoms with Crippen LogP contribution in [0.3, 0.4) is 0 Å². The summed E-state index contributed by atoms with van der Waals surface area (Å²) >= 11 is 0. The minimum Gasteiger partial charge on any atom is -0.393 e. The number of aliphatic hydroxyl groups is 1. The van der Waals surface area contributed by atoms with Crippen molar-refractivity contribution in [2.45, 2.75) is 111 Å². The highest BCUT2D eigenvalue weighted by Crippen LogP contribution is 2.67. The van der Waals surface area contributed by atoms with Crippen LogP contribution in [0, 0.1) is 52.3 Å². The normalized spacial score (nSPS) is 48.2. The molecule has 0 aromatic rings. The smallest absolute Gasteiger partial charge is 0.136 e. The van der Waals surface area contributed by atoms with Crippen LogP contribution in [0.1, 0.15) is 105 Å². The second-order valence-electron chi connectivity index (χ2n) is 12.6. The van der Waals surface area contributed by atoms with Crippen LogP contribution in [0.4, 0.5) is 0 Å². The number of ketones is 1. The van der Waals surface area contributed by atoms with Gasteiger partial charge in [-0.1, -0.05) is 53.9 Å². The van der Waals surface area contributed by atoms with E-state index in [0.717, 1.165) is 49.4 Å². The quantitative estimate of drug-likeness (QED) is 0.559. The van der Waals surface area contributed by atoms with Crippen LogP contribution in [0.5, 0.6) is 0 Å². The van der Waals surface area contributed by atoms with Gasteiger partial charge in [0.1, 0.15) is 5.78 Å². The molecular weight excluding hydrogens is 356 g/mol. The Morgan fingerprint density at radius 2 is 1.66 bits per heavy atom. The van der Waals surface area contributed by atoms with Gasteiger partial charge in [-0.25, -0.2) is 0 Å². The maximum Gasteiger partial charge on any atom is 0.136 e.